The summed E-state index contributed by atoms with van der Waals surface area (Å²) in [6.45, 7) is 1.53. The van der Waals surface area contributed by atoms with Gasteiger partial charge in [-0.15, -0.1) is 0 Å². The predicted octanol–water partition coefficient (Wildman–Crippen LogP) is 2.13. The Morgan fingerprint density at radius 3 is 2.41 bits per heavy atom. The minimum absolute atomic E-state index is 0.194. The molecule has 0 aromatic heterocycles. The molecule has 17 heavy (non-hydrogen) atoms. The Morgan fingerprint density at radius 1 is 1.06 bits per heavy atom. The fourth-order valence-electron chi connectivity index (χ4n) is 2.24. The van der Waals surface area contributed by atoms with Crippen LogP contribution in [0.5, 0.6) is 0 Å². The molecule has 0 bridgehead atoms. The molecule has 1 saturated heterocycles. The smallest absolute Gasteiger partial charge is 0.168 e. The molecule has 0 unspecified atom stereocenters. The van der Waals surface area contributed by atoms with Crippen LogP contribution in [-0.4, -0.2) is 30.7 Å². The second-order valence-corrected chi connectivity index (χ2v) is 4.42. The number of hydrogen-bond acceptors (Lipinski definition) is 3. The topological polar surface area (TPSA) is 38.7 Å². The molecular weight excluding hydrogens is 216 g/mol. The third-order valence-corrected chi connectivity index (χ3v) is 3.17. The summed E-state index contributed by atoms with van der Waals surface area (Å²) in [5.41, 5.74) is 1.30. The zero-order valence-electron chi connectivity index (χ0n) is 10.1. The zero-order valence-corrected chi connectivity index (χ0v) is 10.1. The van der Waals surface area contributed by atoms with E-state index in [1.807, 2.05) is 18.2 Å². The van der Waals surface area contributed by atoms with Crippen molar-refractivity contribution in [1.82, 2.24) is 0 Å². The first kappa shape index (κ1) is 12.6. The maximum Gasteiger partial charge on any atom is 0.168 e. The average Bonchev–Trinajstić information content (AvgIpc) is 2.85. The van der Waals surface area contributed by atoms with Crippen LogP contribution in [0.25, 0.3) is 0 Å². The maximum atomic E-state index is 8.92. The minimum atomic E-state index is -0.460. The molecule has 3 heteroatoms. The molecule has 0 spiro atoms. The van der Waals surface area contributed by atoms with E-state index in [2.05, 4.69) is 12.1 Å². The van der Waals surface area contributed by atoms with Gasteiger partial charge >= 0.3 is 0 Å². The molecule has 1 N–H and O–H groups in total. The summed E-state index contributed by atoms with van der Waals surface area (Å²) in [5, 5.41) is 8.92. The lowest BCUT2D eigenvalue weighted by molar-refractivity contribution is -0.168. The monoisotopic (exact) mass is 236 g/mol. The number of aliphatic hydroxyl groups is 1. The van der Waals surface area contributed by atoms with Gasteiger partial charge in [0.15, 0.2) is 5.79 Å². The molecular formula is C14H20O3. The van der Waals surface area contributed by atoms with Gasteiger partial charge < -0.3 is 14.6 Å². The molecule has 1 aliphatic rings. The Labute approximate surface area is 102 Å². The molecule has 1 aliphatic heterocycles. The molecule has 1 fully saturated rings. The normalized spacial score (nSPS) is 18.4. The highest BCUT2D eigenvalue weighted by Crippen LogP contribution is 2.30. The van der Waals surface area contributed by atoms with Gasteiger partial charge in [-0.05, 0) is 18.4 Å². The SMILES string of the molecule is OCCCC1(CCc2ccccc2)OCCO1. The fraction of sp³-hybridized carbons (Fsp3) is 0.571. The van der Waals surface area contributed by atoms with E-state index in [0.29, 0.717) is 13.2 Å². The Bertz CT molecular complexity index is 317. The van der Waals surface area contributed by atoms with Crippen molar-refractivity contribution < 1.29 is 14.6 Å². The molecule has 1 aromatic carbocycles. The van der Waals surface area contributed by atoms with Gasteiger partial charge in [-0.25, -0.2) is 0 Å². The van der Waals surface area contributed by atoms with Crippen molar-refractivity contribution in [2.24, 2.45) is 0 Å². The van der Waals surface area contributed by atoms with Crippen LogP contribution in [0, 0.1) is 0 Å². The Morgan fingerprint density at radius 2 is 1.76 bits per heavy atom. The summed E-state index contributed by atoms with van der Waals surface area (Å²) in [7, 11) is 0. The first-order chi connectivity index (χ1) is 8.35. The van der Waals surface area contributed by atoms with E-state index in [-0.39, 0.29) is 6.61 Å². The molecule has 3 nitrogen and oxygen atoms in total. The first-order valence-corrected chi connectivity index (χ1v) is 6.27. The third kappa shape index (κ3) is 3.53. The summed E-state index contributed by atoms with van der Waals surface area (Å²) in [6, 6.07) is 10.4. The van der Waals surface area contributed by atoms with Crippen LogP contribution in [0.4, 0.5) is 0 Å². The number of benzene rings is 1. The second-order valence-electron chi connectivity index (χ2n) is 4.42. The fourth-order valence-corrected chi connectivity index (χ4v) is 2.24. The first-order valence-electron chi connectivity index (χ1n) is 6.27. The van der Waals surface area contributed by atoms with Crippen molar-refractivity contribution >= 4 is 0 Å². The van der Waals surface area contributed by atoms with Gasteiger partial charge in [0, 0.05) is 19.4 Å². The van der Waals surface area contributed by atoms with E-state index < -0.39 is 5.79 Å². The summed E-state index contributed by atoms with van der Waals surface area (Å²) in [6.07, 6.45) is 3.31. The molecule has 0 aliphatic carbocycles. The highest BCUT2D eigenvalue weighted by molar-refractivity contribution is 5.14. The number of aliphatic hydroxyl groups excluding tert-OH is 1. The second kappa shape index (κ2) is 6.15. The van der Waals surface area contributed by atoms with Gasteiger partial charge in [0.2, 0.25) is 0 Å². The van der Waals surface area contributed by atoms with E-state index in [0.717, 1.165) is 25.7 Å². The van der Waals surface area contributed by atoms with E-state index in [1.165, 1.54) is 5.56 Å². The van der Waals surface area contributed by atoms with E-state index in [1.54, 1.807) is 0 Å². The number of ether oxygens (including phenoxy) is 2. The van der Waals surface area contributed by atoms with Gasteiger partial charge in [0.25, 0.3) is 0 Å². The van der Waals surface area contributed by atoms with Crippen LogP contribution in [-0.2, 0) is 15.9 Å². The lowest BCUT2D eigenvalue weighted by Gasteiger charge is -2.27. The minimum Gasteiger partial charge on any atom is -0.396 e. The molecule has 0 amide bonds. The average molecular weight is 236 g/mol. The highest BCUT2D eigenvalue weighted by atomic mass is 16.7. The van der Waals surface area contributed by atoms with Crippen LogP contribution in [0.3, 0.4) is 0 Å². The van der Waals surface area contributed by atoms with Crippen molar-refractivity contribution in [2.75, 3.05) is 19.8 Å². The lowest BCUT2D eigenvalue weighted by atomic mass is 10.0. The van der Waals surface area contributed by atoms with Crippen LogP contribution in [0.2, 0.25) is 0 Å². The highest BCUT2D eigenvalue weighted by Gasteiger charge is 2.35. The van der Waals surface area contributed by atoms with Crippen molar-refractivity contribution in [3.05, 3.63) is 35.9 Å². The Kier molecular flexibility index (Phi) is 4.54. The van der Waals surface area contributed by atoms with Gasteiger partial charge in [-0.1, -0.05) is 30.3 Å². The molecule has 0 saturated carbocycles. The van der Waals surface area contributed by atoms with Crippen LogP contribution >= 0.6 is 0 Å². The Balaban J connectivity index is 1.89. The van der Waals surface area contributed by atoms with E-state index >= 15 is 0 Å². The van der Waals surface area contributed by atoms with Crippen LogP contribution in [0.1, 0.15) is 24.8 Å². The summed E-state index contributed by atoms with van der Waals surface area (Å²) < 4.78 is 11.5. The zero-order chi connectivity index (χ0) is 12.0. The van der Waals surface area contributed by atoms with Gasteiger partial charge in [0.1, 0.15) is 0 Å². The van der Waals surface area contributed by atoms with Crippen molar-refractivity contribution in [1.29, 1.82) is 0 Å². The van der Waals surface area contributed by atoms with E-state index in [4.69, 9.17) is 14.6 Å². The van der Waals surface area contributed by atoms with Crippen molar-refractivity contribution in [3.8, 4) is 0 Å². The molecule has 1 heterocycles. The number of hydrogen-bond donors (Lipinski definition) is 1. The third-order valence-electron chi connectivity index (χ3n) is 3.17. The van der Waals surface area contributed by atoms with Crippen molar-refractivity contribution in [3.63, 3.8) is 0 Å². The molecule has 1 aromatic rings. The standard InChI is InChI=1S/C14H20O3/c15-10-4-8-14(16-11-12-17-14)9-7-13-5-2-1-3-6-13/h1-3,5-6,15H,4,7-12H2. The molecule has 2 rings (SSSR count). The number of rotatable bonds is 6. The summed E-state index contributed by atoms with van der Waals surface area (Å²) >= 11 is 0. The summed E-state index contributed by atoms with van der Waals surface area (Å²) in [5.74, 6) is -0.460. The molecule has 94 valence electrons. The largest absolute Gasteiger partial charge is 0.396 e. The summed E-state index contributed by atoms with van der Waals surface area (Å²) in [4.78, 5) is 0. The molecule has 0 radical (unpaired) electrons. The van der Waals surface area contributed by atoms with Gasteiger partial charge in [-0.3, -0.25) is 0 Å². The van der Waals surface area contributed by atoms with Crippen molar-refractivity contribution in [2.45, 2.75) is 31.5 Å². The van der Waals surface area contributed by atoms with Crippen LogP contribution in [0.15, 0.2) is 30.3 Å². The Hall–Kier alpha value is -0.900. The number of aryl methyl sites for hydroxylation is 1. The lowest BCUT2D eigenvalue weighted by Crippen LogP contribution is -2.31. The maximum absolute atomic E-state index is 8.92. The van der Waals surface area contributed by atoms with Gasteiger partial charge in [-0.2, -0.15) is 0 Å². The van der Waals surface area contributed by atoms with Gasteiger partial charge in [0.05, 0.1) is 13.2 Å². The van der Waals surface area contributed by atoms with Crippen LogP contribution < -0.4 is 0 Å². The predicted molar refractivity (Wildman–Crippen MR) is 65.7 cm³/mol. The quantitative estimate of drug-likeness (QED) is 0.822. The molecule has 0 atom stereocenters. The van der Waals surface area contributed by atoms with E-state index in [9.17, 15) is 0 Å².